The first-order valence-corrected chi connectivity index (χ1v) is 10.1. The van der Waals surface area contributed by atoms with Crippen molar-refractivity contribution < 1.29 is 19.1 Å². The lowest BCUT2D eigenvalue weighted by molar-refractivity contribution is -0.145. The van der Waals surface area contributed by atoms with E-state index < -0.39 is 5.97 Å². The van der Waals surface area contributed by atoms with Gasteiger partial charge in [0.25, 0.3) is 5.91 Å². The number of ether oxygens (including phenoxy) is 2. The number of nitrogens with zero attached hydrogens (tertiary/aromatic N) is 2. The van der Waals surface area contributed by atoms with E-state index in [1.54, 1.807) is 28.9 Å². The minimum absolute atomic E-state index is 0.0698. The average Bonchev–Trinajstić information content (AvgIpc) is 2.91. The fraction of sp³-hybridized carbons (Fsp3) is 0.476. The third kappa shape index (κ3) is 4.35. The monoisotopic (exact) mass is 402 g/mol. The number of likely N-dealkylation sites (N-methyl/N-ethyl adjacent to an activating group) is 1. The quantitative estimate of drug-likeness (QED) is 0.413. The third-order valence-corrected chi connectivity index (χ3v) is 5.56. The Balaban J connectivity index is 1.81. The number of benzene rings is 1. The Morgan fingerprint density at radius 2 is 1.96 bits per heavy atom. The Labute approximate surface area is 171 Å². The molecule has 7 heteroatoms. The number of amides is 1. The average molecular weight is 403 g/mol. The molecule has 1 aromatic carbocycles. The Hall–Kier alpha value is -2.41. The Bertz CT molecular complexity index is 786. The molecular formula is C21H26N2O4S. The van der Waals surface area contributed by atoms with Crippen molar-refractivity contribution in [3.8, 4) is 5.75 Å². The number of hydrogen-bond acceptors (Lipinski definition) is 5. The van der Waals surface area contributed by atoms with Crippen molar-refractivity contribution in [2.45, 2.75) is 45.1 Å². The van der Waals surface area contributed by atoms with Crippen LogP contribution in [0.1, 0.15) is 44.6 Å². The van der Waals surface area contributed by atoms with Gasteiger partial charge in [-0.15, -0.1) is 0 Å². The smallest absolute Gasteiger partial charge is 0.344 e. The van der Waals surface area contributed by atoms with Crippen LogP contribution >= 0.6 is 12.2 Å². The first-order valence-electron chi connectivity index (χ1n) is 9.73. The molecule has 1 aromatic rings. The second-order valence-corrected chi connectivity index (χ2v) is 7.33. The van der Waals surface area contributed by atoms with E-state index in [4.69, 9.17) is 21.7 Å². The molecule has 1 heterocycles. The number of hydrogen-bond donors (Lipinski definition) is 0. The van der Waals surface area contributed by atoms with Gasteiger partial charge in [0, 0.05) is 18.7 Å². The van der Waals surface area contributed by atoms with Crippen molar-refractivity contribution in [3.05, 3.63) is 35.5 Å². The van der Waals surface area contributed by atoms with Gasteiger partial charge in [-0.3, -0.25) is 9.69 Å². The molecule has 2 aliphatic rings. The standard InChI is InChI=1S/C21H26N2O4S/c1-3-26-19(24)14-27-18-12-8-7-9-15(18)13-17-20(25)23(21(28)22(17)2)16-10-5-4-6-11-16/h7-9,12-13,16H,3-6,10-11,14H2,1-2H3/b17-13-. The first-order chi connectivity index (χ1) is 13.5. The second-order valence-electron chi connectivity index (χ2n) is 6.97. The van der Waals surface area contributed by atoms with Gasteiger partial charge in [-0.1, -0.05) is 37.5 Å². The summed E-state index contributed by atoms with van der Waals surface area (Å²) in [5.41, 5.74) is 1.23. The zero-order chi connectivity index (χ0) is 20.1. The number of carbonyl (C=O) groups excluding carboxylic acids is 2. The van der Waals surface area contributed by atoms with Crippen molar-refractivity contribution in [1.29, 1.82) is 0 Å². The van der Waals surface area contributed by atoms with E-state index >= 15 is 0 Å². The molecule has 1 saturated heterocycles. The van der Waals surface area contributed by atoms with Gasteiger partial charge >= 0.3 is 5.97 Å². The molecule has 0 aromatic heterocycles. The summed E-state index contributed by atoms with van der Waals surface area (Å²) in [6.45, 7) is 1.88. The largest absolute Gasteiger partial charge is 0.481 e. The highest BCUT2D eigenvalue weighted by Gasteiger charge is 2.40. The topological polar surface area (TPSA) is 59.1 Å². The molecule has 0 atom stereocenters. The van der Waals surface area contributed by atoms with Crippen molar-refractivity contribution >= 4 is 35.3 Å². The highest BCUT2D eigenvalue weighted by Crippen LogP contribution is 2.31. The predicted molar refractivity (Wildman–Crippen MR) is 111 cm³/mol. The van der Waals surface area contributed by atoms with Crippen LogP contribution in [0.25, 0.3) is 6.08 Å². The molecule has 0 spiro atoms. The maximum atomic E-state index is 13.1. The zero-order valence-corrected chi connectivity index (χ0v) is 17.2. The summed E-state index contributed by atoms with van der Waals surface area (Å²) < 4.78 is 10.5. The molecule has 3 rings (SSSR count). The first kappa shape index (κ1) is 20.3. The molecule has 1 aliphatic heterocycles. The molecule has 6 nitrogen and oxygen atoms in total. The fourth-order valence-corrected chi connectivity index (χ4v) is 3.99. The van der Waals surface area contributed by atoms with E-state index in [1.165, 1.54) is 6.42 Å². The highest BCUT2D eigenvalue weighted by molar-refractivity contribution is 7.80. The minimum Gasteiger partial charge on any atom is -0.481 e. The number of rotatable bonds is 6. The lowest BCUT2D eigenvalue weighted by Crippen LogP contribution is -2.41. The van der Waals surface area contributed by atoms with Crippen molar-refractivity contribution in [1.82, 2.24) is 9.80 Å². The Morgan fingerprint density at radius 3 is 2.68 bits per heavy atom. The van der Waals surface area contributed by atoms with E-state index in [2.05, 4.69) is 0 Å². The Morgan fingerprint density at radius 1 is 1.25 bits per heavy atom. The van der Waals surface area contributed by atoms with E-state index in [0.29, 0.717) is 23.2 Å². The molecule has 0 N–H and O–H groups in total. The summed E-state index contributed by atoms with van der Waals surface area (Å²) in [7, 11) is 1.82. The molecule has 0 radical (unpaired) electrons. The van der Waals surface area contributed by atoms with Crippen molar-refractivity contribution in [2.24, 2.45) is 0 Å². The predicted octanol–water partition coefficient (Wildman–Crippen LogP) is 3.36. The molecular weight excluding hydrogens is 376 g/mol. The lowest BCUT2D eigenvalue weighted by Gasteiger charge is -2.30. The SMILES string of the molecule is CCOC(=O)COc1ccccc1/C=C1/C(=O)N(C2CCCCC2)C(=S)N1C. The van der Waals surface area contributed by atoms with Crippen LogP contribution in [0.5, 0.6) is 5.75 Å². The second kappa shape index (κ2) is 9.19. The van der Waals surface area contributed by atoms with Gasteiger partial charge in [0.1, 0.15) is 11.4 Å². The number of esters is 1. The van der Waals surface area contributed by atoms with Gasteiger partial charge in [-0.25, -0.2) is 4.79 Å². The van der Waals surface area contributed by atoms with Gasteiger partial charge in [-0.2, -0.15) is 0 Å². The van der Waals surface area contributed by atoms with Crippen molar-refractivity contribution in [2.75, 3.05) is 20.3 Å². The zero-order valence-electron chi connectivity index (χ0n) is 16.3. The van der Waals surface area contributed by atoms with Gasteiger partial charge in [-0.05, 0) is 44.1 Å². The summed E-state index contributed by atoms with van der Waals surface area (Å²) in [6, 6.07) is 7.47. The molecule has 0 unspecified atom stereocenters. The van der Waals surface area contributed by atoms with Crippen LogP contribution in [0, 0.1) is 0 Å². The van der Waals surface area contributed by atoms with Crippen LogP contribution in [0.2, 0.25) is 0 Å². The summed E-state index contributed by atoms with van der Waals surface area (Å²) in [5, 5.41) is 0.549. The van der Waals surface area contributed by atoms with Crippen LogP contribution in [-0.2, 0) is 14.3 Å². The van der Waals surface area contributed by atoms with Crippen LogP contribution in [-0.4, -0.2) is 53.1 Å². The molecule has 28 heavy (non-hydrogen) atoms. The lowest BCUT2D eigenvalue weighted by atomic mass is 9.94. The molecule has 0 bridgehead atoms. The Kier molecular flexibility index (Phi) is 6.67. The van der Waals surface area contributed by atoms with E-state index in [0.717, 1.165) is 31.2 Å². The van der Waals surface area contributed by atoms with Crippen LogP contribution in [0.3, 0.4) is 0 Å². The van der Waals surface area contributed by atoms with Gasteiger partial charge in [0.05, 0.1) is 6.61 Å². The molecule has 1 amide bonds. The summed E-state index contributed by atoms with van der Waals surface area (Å²) in [6.07, 6.45) is 7.24. The third-order valence-electron chi connectivity index (χ3n) is 5.09. The van der Waals surface area contributed by atoms with E-state index in [1.807, 2.05) is 25.2 Å². The van der Waals surface area contributed by atoms with Gasteiger partial charge in [0.2, 0.25) is 0 Å². The summed E-state index contributed by atoms with van der Waals surface area (Å²) in [5.74, 6) is 0.0227. The highest BCUT2D eigenvalue weighted by atomic mass is 32.1. The van der Waals surface area contributed by atoms with Gasteiger partial charge < -0.3 is 14.4 Å². The van der Waals surface area contributed by atoms with Gasteiger partial charge in [0.15, 0.2) is 11.7 Å². The fourth-order valence-electron chi connectivity index (χ4n) is 3.66. The van der Waals surface area contributed by atoms with E-state index in [-0.39, 0.29) is 18.6 Å². The summed E-state index contributed by atoms with van der Waals surface area (Å²) in [4.78, 5) is 28.2. The van der Waals surface area contributed by atoms with Crippen LogP contribution in [0.4, 0.5) is 0 Å². The normalized spacial score (nSPS) is 19.4. The van der Waals surface area contributed by atoms with E-state index in [9.17, 15) is 9.59 Å². The molecule has 150 valence electrons. The number of carbonyl (C=O) groups is 2. The summed E-state index contributed by atoms with van der Waals surface area (Å²) >= 11 is 5.56. The maximum absolute atomic E-state index is 13.1. The molecule has 1 aliphatic carbocycles. The van der Waals surface area contributed by atoms with Crippen molar-refractivity contribution in [3.63, 3.8) is 0 Å². The van der Waals surface area contributed by atoms with Crippen LogP contribution in [0.15, 0.2) is 30.0 Å². The number of thiocarbonyl (C=S) groups is 1. The van der Waals surface area contributed by atoms with Crippen LogP contribution < -0.4 is 4.74 Å². The maximum Gasteiger partial charge on any atom is 0.344 e. The molecule has 2 fully saturated rings. The minimum atomic E-state index is -0.427. The number of para-hydroxylation sites is 1. The molecule has 1 saturated carbocycles.